The quantitative estimate of drug-likeness (QED) is 0.0470. The molecule has 0 spiro atoms. The molecule has 1 rings (SSSR count). The molecule has 3 atom stereocenters. The third kappa shape index (κ3) is 19.8. The number of benzene rings is 1. The van der Waals surface area contributed by atoms with Crippen LogP contribution in [0.25, 0.3) is 0 Å². The minimum atomic E-state index is -1.34. The van der Waals surface area contributed by atoms with E-state index in [9.17, 15) is 29.1 Å². The Morgan fingerprint density at radius 1 is 0.900 bits per heavy atom. The van der Waals surface area contributed by atoms with Crippen molar-refractivity contribution in [3.8, 4) is 17.6 Å². The van der Waals surface area contributed by atoms with E-state index in [1.165, 1.54) is 32.4 Å². The molecule has 2 N–H and O–H groups in total. The summed E-state index contributed by atoms with van der Waals surface area (Å²) in [4.78, 5) is 63.9. The van der Waals surface area contributed by atoms with Crippen molar-refractivity contribution >= 4 is 29.6 Å². The van der Waals surface area contributed by atoms with Gasteiger partial charge in [0.2, 0.25) is 5.91 Å². The maximum atomic E-state index is 13.8. The Kier molecular flexibility index (Phi) is 21.9. The third-order valence-electron chi connectivity index (χ3n) is 7.97. The highest BCUT2D eigenvalue weighted by Crippen LogP contribution is 2.25. The van der Waals surface area contributed by atoms with Crippen LogP contribution >= 0.6 is 0 Å². The van der Waals surface area contributed by atoms with Gasteiger partial charge in [-0.1, -0.05) is 75.7 Å². The lowest BCUT2D eigenvalue weighted by Crippen LogP contribution is -2.48. The number of hydrogen-bond acceptors (Lipinski definition) is 8. The Balaban J connectivity index is 3.01. The number of ether oxygens (including phenoxy) is 3. The summed E-state index contributed by atoms with van der Waals surface area (Å²) in [5.74, 6) is 0.444. The first kappa shape index (κ1) is 43.9. The second-order valence-corrected chi connectivity index (χ2v) is 13.5. The number of allylic oxidation sites excluding steroid dienone is 1. The van der Waals surface area contributed by atoms with Crippen molar-refractivity contribution in [1.82, 2.24) is 5.32 Å². The molecule has 0 heterocycles. The molecule has 0 saturated carbocycles. The van der Waals surface area contributed by atoms with Gasteiger partial charge in [0.05, 0.1) is 25.4 Å². The molecule has 10 nitrogen and oxygen atoms in total. The van der Waals surface area contributed by atoms with Gasteiger partial charge in [-0.3, -0.25) is 19.2 Å². The highest BCUT2D eigenvalue weighted by molar-refractivity contribution is 5.91. The molecule has 0 aliphatic heterocycles. The van der Waals surface area contributed by atoms with Crippen LogP contribution in [0.15, 0.2) is 36.4 Å². The highest BCUT2D eigenvalue weighted by atomic mass is 16.6. The second-order valence-electron chi connectivity index (χ2n) is 13.5. The van der Waals surface area contributed by atoms with Gasteiger partial charge < -0.3 is 24.6 Å². The first-order valence-electron chi connectivity index (χ1n) is 17.9. The van der Waals surface area contributed by atoms with Crippen molar-refractivity contribution in [2.75, 3.05) is 13.7 Å². The van der Waals surface area contributed by atoms with Gasteiger partial charge in [0.25, 0.3) is 0 Å². The highest BCUT2D eigenvalue weighted by Gasteiger charge is 2.38. The zero-order chi connectivity index (χ0) is 37.4. The van der Waals surface area contributed by atoms with Crippen molar-refractivity contribution in [2.45, 2.75) is 136 Å². The average Bonchev–Trinajstić information content (AvgIpc) is 3.06. The van der Waals surface area contributed by atoms with Crippen molar-refractivity contribution in [3.63, 3.8) is 0 Å². The Morgan fingerprint density at radius 2 is 1.52 bits per heavy atom. The number of esters is 2. The van der Waals surface area contributed by atoms with Crippen molar-refractivity contribution in [1.29, 1.82) is 0 Å². The Hall–Kier alpha value is -4.13. The monoisotopic (exact) mass is 697 g/mol. The molecule has 0 unspecified atom stereocenters. The predicted octanol–water partition coefficient (Wildman–Crippen LogP) is 7.16. The summed E-state index contributed by atoms with van der Waals surface area (Å²) in [5, 5.41) is 12.4. The number of carbonyl (C=O) groups excluding carboxylic acids is 4. The van der Waals surface area contributed by atoms with Crippen LogP contribution in [-0.4, -0.2) is 60.1 Å². The smallest absolute Gasteiger partial charge is 0.328 e. The van der Waals surface area contributed by atoms with E-state index < -0.39 is 53.7 Å². The van der Waals surface area contributed by atoms with Crippen LogP contribution in [0.3, 0.4) is 0 Å². The van der Waals surface area contributed by atoms with Gasteiger partial charge in [-0.15, -0.1) is 5.92 Å². The standard InChI is InChI=1S/C40H59NO9/c1-7-9-11-14-17-20-31(42)21-18-15-12-13-16-19-22-33(34(29-36(43)44)38(46)50-40(3,4)5)37(45)41-35(39(47)48-6)28-30-23-25-32(26-24-30)49-27-10-8-2/h19,22-26,33-35H,7,9,11-18,20-21,27-29H2,1-6H3,(H,41,45)(H,43,44)/b22-19+/t33-,34+,35-/m0/s1. The SMILES string of the molecule is CC#CCOc1ccc(C[C@H](NC(=O)[C@@H](/C=C/CCCCCCC(=O)CCCCCCC)[C@@H](CC(=O)O)C(=O)OC(C)(C)C)C(=O)OC)cc1. The van der Waals surface area contributed by atoms with Crippen LogP contribution < -0.4 is 10.1 Å². The van der Waals surface area contributed by atoms with Crippen LogP contribution in [0, 0.1) is 23.7 Å². The van der Waals surface area contributed by atoms with Crippen molar-refractivity contribution in [3.05, 3.63) is 42.0 Å². The number of hydrogen-bond donors (Lipinski definition) is 2. The molecule has 0 radical (unpaired) electrons. The molecule has 0 bridgehead atoms. The summed E-state index contributed by atoms with van der Waals surface area (Å²) in [5.41, 5.74) is -0.202. The maximum Gasteiger partial charge on any atom is 0.328 e. The van der Waals surface area contributed by atoms with Gasteiger partial charge in [0, 0.05) is 19.3 Å². The Bertz CT molecular complexity index is 1280. The molecule has 1 aromatic carbocycles. The zero-order valence-electron chi connectivity index (χ0n) is 31.0. The normalized spacial score (nSPS) is 13.0. The maximum absolute atomic E-state index is 13.8. The van der Waals surface area contributed by atoms with Gasteiger partial charge >= 0.3 is 17.9 Å². The average molecular weight is 698 g/mol. The molecular weight excluding hydrogens is 638 g/mol. The number of methoxy groups -OCH3 is 1. The van der Waals surface area contributed by atoms with Gasteiger partial charge in [-0.2, -0.15) is 0 Å². The van der Waals surface area contributed by atoms with Crippen LogP contribution in [0.4, 0.5) is 0 Å². The van der Waals surface area contributed by atoms with Crippen LogP contribution in [-0.2, 0) is 39.9 Å². The molecule has 1 aromatic rings. The van der Waals surface area contributed by atoms with E-state index in [1.807, 2.05) is 0 Å². The van der Waals surface area contributed by atoms with Gasteiger partial charge in [0.15, 0.2) is 0 Å². The molecular formula is C40H59NO9. The van der Waals surface area contributed by atoms with Crippen molar-refractivity contribution < 1.29 is 43.3 Å². The topological polar surface area (TPSA) is 145 Å². The minimum absolute atomic E-state index is 0.0846. The van der Waals surface area contributed by atoms with Crippen LogP contribution in [0.2, 0.25) is 0 Å². The van der Waals surface area contributed by atoms with E-state index in [-0.39, 0.29) is 13.0 Å². The number of Topliss-reactive ketones (excluding diaryl/α,β-unsaturated/α-hetero) is 1. The molecule has 0 aliphatic rings. The molecule has 0 aliphatic carbocycles. The van der Waals surface area contributed by atoms with E-state index in [4.69, 9.17) is 14.2 Å². The third-order valence-corrected chi connectivity index (χ3v) is 7.97. The number of carbonyl (C=O) groups is 5. The van der Waals surface area contributed by atoms with Gasteiger partial charge in [0.1, 0.15) is 29.8 Å². The Morgan fingerprint density at radius 3 is 2.08 bits per heavy atom. The molecule has 278 valence electrons. The van der Waals surface area contributed by atoms with Crippen molar-refractivity contribution in [2.24, 2.45) is 11.8 Å². The van der Waals surface area contributed by atoms with E-state index in [2.05, 4.69) is 24.1 Å². The van der Waals surface area contributed by atoms with E-state index in [0.717, 1.165) is 38.5 Å². The molecule has 10 heteroatoms. The van der Waals surface area contributed by atoms with Crippen LogP contribution in [0.5, 0.6) is 5.75 Å². The van der Waals surface area contributed by atoms with E-state index >= 15 is 0 Å². The lowest BCUT2D eigenvalue weighted by atomic mass is 9.87. The summed E-state index contributed by atoms with van der Waals surface area (Å²) >= 11 is 0. The largest absolute Gasteiger partial charge is 0.481 e. The number of nitrogens with one attached hydrogen (secondary N) is 1. The molecule has 0 aromatic heterocycles. The summed E-state index contributed by atoms with van der Waals surface area (Å²) in [7, 11) is 1.21. The van der Waals surface area contributed by atoms with Crippen LogP contribution in [0.1, 0.15) is 124 Å². The summed E-state index contributed by atoms with van der Waals surface area (Å²) in [6.07, 6.45) is 13.6. The number of unbranched alkanes of at least 4 members (excludes halogenated alkanes) is 8. The Labute approximate surface area is 299 Å². The molecule has 50 heavy (non-hydrogen) atoms. The van der Waals surface area contributed by atoms with E-state index in [1.54, 1.807) is 58.0 Å². The summed E-state index contributed by atoms with van der Waals surface area (Å²) in [6.45, 7) is 9.11. The number of carboxylic acid groups (broad SMARTS) is 1. The minimum Gasteiger partial charge on any atom is -0.481 e. The molecule has 0 saturated heterocycles. The summed E-state index contributed by atoms with van der Waals surface area (Å²) < 4.78 is 16.0. The fourth-order valence-corrected chi connectivity index (χ4v) is 5.31. The van der Waals surface area contributed by atoms with Gasteiger partial charge in [-0.25, -0.2) is 4.79 Å². The van der Waals surface area contributed by atoms with E-state index in [0.29, 0.717) is 36.4 Å². The summed E-state index contributed by atoms with van der Waals surface area (Å²) in [6, 6.07) is 5.86. The fourth-order valence-electron chi connectivity index (χ4n) is 5.31. The first-order chi connectivity index (χ1) is 23.8. The zero-order valence-corrected chi connectivity index (χ0v) is 31.0. The lowest BCUT2D eigenvalue weighted by Gasteiger charge is -2.27. The predicted molar refractivity (Wildman–Crippen MR) is 193 cm³/mol. The number of carboxylic acids is 1. The number of amides is 1. The number of ketones is 1. The molecule has 1 amide bonds. The number of rotatable bonds is 25. The number of aliphatic carboxylic acids is 1. The first-order valence-corrected chi connectivity index (χ1v) is 17.9. The fraction of sp³-hybridized carbons (Fsp3) is 0.625. The lowest BCUT2D eigenvalue weighted by molar-refractivity contribution is -0.165. The second kappa shape index (κ2) is 24.9. The van der Waals surface area contributed by atoms with Gasteiger partial charge in [-0.05, 0) is 71.1 Å². The molecule has 0 fully saturated rings.